The van der Waals surface area contributed by atoms with Gasteiger partial charge >= 0.3 is 0 Å². The molecular weight excluding hydrogens is 366 g/mol. The van der Waals surface area contributed by atoms with Crippen LogP contribution >= 0.6 is 0 Å². The van der Waals surface area contributed by atoms with Crippen molar-refractivity contribution in [3.63, 3.8) is 0 Å². The van der Waals surface area contributed by atoms with Crippen LogP contribution in [0.1, 0.15) is 17.0 Å². The first kappa shape index (κ1) is 18.0. The number of fused-ring (bicyclic) bond motifs is 1. The third-order valence-corrected chi connectivity index (χ3v) is 4.39. The van der Waals surface area contributed by atoms with Crippen LogP contribution in [0.4, 0.5) is 0 Å². The van der Waals surface area contributed by atoms with Crippen LogP contribution in [0.15, 0.2) is 65.6 Å². The van der Waals surface area contributed by atoms with E-state index in [4.69, 9.17) is 6.42 Å². The van der Waals surface area contributed by atoms with E-state index in [0.717, 1.165) is 0 Å². The van der Waals surface area contributed by atoms with Crippen molar-refractivity contribution in [3.8, 4) is 29.5 Å². The first-order chi connectivity index (χ1) is 14.1. The summed E-state index contributed by atoms with van der Waals surface area (Å²) in [6.45, 7) is 0. The Balaban J connectivity index is 1.92. The second-order valence-corrected chi connectivity index (χ2v) is 6.25. The van der Waals surface area contributed by atoms with E-state index in [-0.39, 0.29) is 17.1 Å². The number of benzene rings is 2. The third kappa shape index (κ3) is 3.45. The third-order valence-electron chi connectivity index (χ3n) is 4.39. The summed E-state index contributed by atoms with van der Waals surface area (Å²) in [5.74, 6) is 2.75. The van der Waals surface area contributed by atoms with Crippen LogP contribution < -0.4 is 5.56 Å². The van der Waals surface area contributed by atoms with Gasteiger partial charge in [-0.05, 0) is 60.7 Å². The van der Waals surface area contributed by atoms with Crippen LogP contribution in [0.3, 0.4) is 0 Å². The summed E-state index contributed by atoms with van der Waals surface area (Å²) < 4.78 is 1.46. The van der Waals surface area contributed by atoms with Gasteiger partial charge in [0.25, 0.3) is 5.56 Å². The maximum atomic E-state index is 13.2. The highest BCUT2D eigenvalue weighted by Gasteiger charge is 2.12. The molecule has 2 aromatic heterocycles. The number of pyridine rings is 1. The molecule has 0 atom stereocenters. The van der Waals surface area contributed by atoms with Gasteiger partial charge in [0.15, 0.2) is 5.65 Å². The average molecular weight is 381 g/mol. The average Bonchev–Trinajstić information content (AvgIpc) is 2.73. The Morgan fingerprint density at radius 1 is 1.03 bits per heavy atom. The van der Waals surface area contributed by atoms with E-state index in [1.807, 2.05) is 0 Å². The quantitative estimate of drug-likeness (QED) is 0.532. The zero-order chi connectivity index (χ0) is 20.4. The Morgan fingerprint density at radius 3 is 2.55 bits per heavy atom. The molecule has 0 aliphatic carbocycles. The second kappa shape index (κ2) is 7.33. The zero-order valence-electron chi connectivity index (χ0n) is 15.1. The van der Waals surface area contributed by atoms with Crippen molar-refractivity contribution in [1.29, 1.82) is 0 Å². The molecule has 0 bridgehead atoms. The zero-order valence-corrected chi connectivity index (χ0v) is 15.1. The Hall–Kier alpha value is -4.37. The summed E-state index contributed by atoms with van der Waals surface area (Å²) in [7, 11) is 0. The standard InChI is InChI=1S/C23H15N3O3/c1-2-15-5-9-17(10-6-15)26-21(12-8-16-7-11-18(27)14-20(16)28)25-22-19(23(26)29)4-3-13-24-22/h1,3-14,27-28H. The lowest BCUT2D eigenvalue weighted by Gasteiger charge is -2.11. The highest BCUT2D eigenvalue weighted by Crippen LogP contribution is 2.24. The smallest absolute Gasteiger partial charge is 0.267 e. The number of phenolic OH excluding ortho intramolecular Hbond substituents is 2. The monoisotopic (exact) mass is 381 g/mol. The molecule has 140 valence electrons. The summed E-state index contributed by atoms with van der Waals surface area (Å²) in [5, 5.41) is 19.8. The van der Waals surface area contributed by atoms with Crippen LogP contribution in [0.5, 0.6) is 11.5 Å². The normalized spacial score (nSPS) is 11.0. The minimum Gasteiger partial charge on any atom is -0.508 e. The summed E-state index contributed by atoms with van der Waals surface area (Å²) >= 11 is 0. The largest absolute Gasteiger partial charge is 0.508 e. The van der Waals surface area contributed by atoms with Crippen LogP contribution in [-0.2, 0) is 0 Å². The van der Waals surface area contributed by atoms with Crippen LogP contribution in [0.25, 0.3) is 28.9 Å². The predicted molar refractivity (Wildman–Crippen MR) is 112 cm³/mol. The van der Waals surface area contributed by atoms with Gasteiger partial charge in [-0.25, -0.2) is 9.97 Å². The predicted octanol–water partition coefficient (Wildman–Crippen LogP) is 3.34. The number of hydrogen-bond acceptors (Lipinski definition) is 5. The lowest BCUT2D eigenvalue weighted by molar-refractivity contribution is 0.450. The molecule has 2 heterocycles. The molecule has 0 radical (unpaired) electrons. The minimum atomic E-state index is -0.272. The van der Waals surface area contributed by atoms with Gasteiger partial charge in [-0.3, -0.25) is 9.36 Å². The van der Waals surface area contributed by atoms with Gasteiger partial charge < -0.3 is 10.2 Å². The summed E-state index contributed by atoms with van der Waals surface area (Å²) in [5.41, 5.74) is 1.81. The Bertz CT molecular complexity index is 1350. The molecule has 0 aliphatic rings. The molecule has 0 unspecified atom stereocenters. The first-order valence-corrected chi connectivity index (χ1v) is 8.72. The molecule has 2 N–H and O–H groups in total. The number of rotatable bonds is 3. The molecule has 29 heavy (non-hydrogen) atoms. The van der Waals surface area contributed by atoms with E-state index < -0.39 is 0 Å². The molecule has 2 aromatic carbocycles. The van der Waals surface area contributed by atoms with Gasteiger partial charge in [-0.1, -0.05) is 5.92 Å². The highest BCUT2D eigenvalue weighted by atomic mass is 16.3. The fourth-order valence-corrected chi connectivity index (χ4v) is 2.94. The lowest BCUT2D eigenvalue weighted by atomic mass is 10.1. The van der Waals surface area contributed by atoms with Gasteiger partial charge in [0.1, 0.15) is 17.3 Å². The van der Waals surface area contributed by atoms with Crippen molar-refractivity contribution in [3.05, 3.63) is 88.1 Å². The summed E-state index contributed by atoms with van der Waals surface area (Å²) in [6.07, 6.45) is 10.2. The lowest BCUT2D eigenvalue weighted by Crippen LogP contribution is -2.22. The van der Waals surface area contributed by atoms with Crippen molar-refractivity contribution in [2.24, 2.45) is 0 Å². The van der Waals surface area contributed by atoms with Crippen molar-refractivity contribution in [2.75, 3.05) is 0 Å². The van der Waals surface area contributed by atoms with E-state index in [1.165, 1.54) is 16.7 Å². The van der Waals surface area contributed by atoms with Gasteiger partial charge in [0.05, 0.1) is 11.1 Å². The number of nitrogens with zero attached hydrogens (tertiary/aromatic N) is 3. The van der Waals surface area contributed by atoms with E-state index in [0.29, 0.717) is 33.7 Å². The fraction of sp³-hybridized carbons (Fsp3) is 0. The van der Waals surface area contributed by atoms with Crippen molar-refractivity contribution in [1.82, 2.24) is 14.5 Å². The molecule has 0 aliphatic heterocycles. The number of aromatic nitrogens is 3. The number of phenols is 2. The number of terminal acetylenes is 1. The topological polar surface area (TPSA) is 88.2 Å². The first-order valence-electron chi connectivity index (χ1n) is 8.72. The summed E-state index contributed by atoms with van der Waals surface area (Å²) in [6, 6.07) is 14.6. The Kier molecular flexibility index (Phi) is 4.55. The fourth-order valence-electron chi connectivity index (χ4n) is 2.94. The van der Waals surface area contributed by atoms with Crippen LogP contribution in [0.2, 0.25) is 0 Å². The molecule has 4 rings (SSSR count). The maximum Gasteiger partial charge on any atom is 0.267 e. The van der Waals surface area contributed by atoms with Crippen molar-refractivity contribution in [2.45, 2.75) is 0 Å². The maximum absolute atomic E-state index is 13.2. The SMILES string of the molecule is C#Cc1ccc(-n2c(C=Cc3ccc(O)cc3O)nc3ncccc3c2=O)cc1. The molecule has 4 aromatic rings. The number of hydrogen-bond donors (Lipinski definition) is 2. The van der Waals surface area contributed by atoms with Gasteiger partial charge in [0, 0.05) is 23.4 Å². The Labute approximate surface area is 166 Å². The molecule has 6 heteroatoms. The Morgan fingerprint density at radius 2 is 1.83 bits per heavy atom. The molecule has 0 fully saturated rings. The van der Waals surface area contributed by atoms with Crippen LogP contribution in [0, 0.1) is 12.3 Å². The molecule has 0 saturated carbocycles. The van der Waals surface area contributed by atoms with E-state index in [2.05, 4.69) is 15.9 Å². The van der Waals surface area contributed by atoms with E-state index in [9.17, 15) is 15.0 Å². The molecular formula is C23H15N3O3. The van der Waals surface area contributed by atoms with Crippen LogP contribution in [-0.4, -0.2) is 24.7 Å². The van der Waals surface area contributed by atoms with Crippen molar-refractivity contribution >= 4 is 23.2 Å². The van der Waals surface area contributed by atoms with Gasteiger partial charge in [-0.2, -0.15) is 0 Å². The minimum absolute atomic E-state index is 0.0433. The highest BCUT2D eigenvalue weighted by molar-refractivity contribution is 5.77. The molecule has 0 amide bonds. The molecule has 6 nitrogen and oxygen atoms in total. The molecule has 0 spiro atoms. The van der Waals surface area contributed by atoms with E-state index >= 15 is 0 Å². The van der Waals surface area contributed by atoms with E-state index in [1.54, 1.807) is 60.8 Å². The second-order valence-electron chi connectivity index (χ2n) is 6.25. The van der Waals surface area contributed by atoms with Crippen molar-refractivity contribution < 1.29 is 10.2 Å². The number of aromatic hydroxyl groups is 2. The van der Waals surface area contributed by atoms with Gasteiger partial charge in [0.2, 0.25) is 0 Å². The summed E-state index contributed by atoms with van der Waals surface area (Å²) in [4.78, 5) is 21.8. The molecule has 0 saturated heterocycles. The van der Waals surface area contributed by atoms with Gasteiger partial charge in [-0.15, -0.1) is 6.42 Å².